The van der Waals surface area contributed by atoms with Crippen LogP contribution in [0.5, 0.6) is 0 Å². The highest BCUT2D eigenvalue weighted by atomic mass is 14.8. The number of nitrogens with one attached hydrogen (secondary N) is 1. The summed E-state index contributed by atoms with van der Waals surface area (Å²) in [4.78, 5) is 0. The minimum absolute atomic E-state index is 1.17. The summed E-state index contributed by atoms with van der Waals surface area (Å²) in [5.41, 5.74) is 2.41. The molecule has 1 nitrogen and oxygen atoms in total. The molecule has 0 bridgehead atoms. The van der Waals surface area contributed by atoms with Gasteiger partial charge < -0.3 is 5.32 Å². The Hall–Kier alpha value is -1.24. The summed E-state index contributed by atoms with van der Waals surface area (Å²) in [5.74, 6) is 0. The van der Waals surface area contributed by atoms with Gasteiger partial charge in [-0.15, -0.1) is 0 Å². The molecular weight excluding hydrogens is 158 g/mol. The summed E-state index contributed by atoms with van der Waals surface area (Å²) in [7, 11) is 1.93. The van der Waals surface area contributed by atoms with Gasteiger partial charge in [-0.3, -0.25) is 0 Å². The van der Waals surface area contributed by atoms with E-state index < -0.39 is 0 Å². The van der Waals surface area contributed by atoms with E-state index in [2.05, 4.69) is 23.5 Å². The van der Waals surface area contributed by atoms with Crippen LogP contribution in [0.1, 0.15) is 26.3 Å². The lowest BCUT2D eigenvalue weighted by molar-refractivity contribution is 1.49. The van der Waals surface area contributed by atoms with Gasteiger partial charge >= 0.3 is 0 Å². The van der Waals surface area contributed by atoms with Crippen molar-refractivity contribution in [3.63, 3.8) is 0 Å². The summed E-state index contributed by atoms with van der Waals surface area (Å²) < 4.78 is 0. The molecule has 1 aromatic rings. The summed E-state index contributed by atoms with van der Waals surface area (Å²) in [5, 5.41) is 3.13. The Morgan fingerprint density at radius 2 is 1.77 bits per heavy atom. The first-order valence-electron chi connectivity index (χ1n) is 4.78. The summed E-state index contributed by atoms with van der Waals surface area (Å²) in [6, 6.07) is 8.22. The van der Waals surface area contributed by atoms with Crippen LogP contribution in [0.25, 0.3) is 6.08 Å². The van der Waals surface area contributed by atoms with E-state index in [1.54, 1.807) is 0 Å². The van der Waals surface area contributed by atoms with E-state index >= 15 is 0 Å². The van der Waals surface area contributed by atoms with Crippen molar-refractivity contribution in [3.8, 4) is 0 Å². The molecule has 0 saturated heterocycles. The fraction of sp³-hybridized carbons (Fsp3) is 0.333. The molecule has 0 unspecified atom stereocenters. The summed E-state index contributed by atoms with van der Waals surface area (Å²) >= 11 is 0. The van der Waals surface area contributed by atoms with Crippen LogP contribution in [-0.2, 0) is 0 Å². The zero-order chi connectivity index (χ0) is 10.1. The average molecular weight is 177 g/mol. The van der Waals surface area contributed by atoms with Crippen molar-refractivity contribution in [3.05, 3.63) is 35.9 Å². The van der Waals surface area contributed by atoms with E-state index in [1.807, 2.05) is 46.0 Å². The molecule has 1 rings (SSSR count). The Bertz CT molecular complexity index is 251. The number of hydrogen-bond acceptors (Lipinski definition) is 1. The number of hydrogen-bond donors (Lipinski definition) is 1. The molecule has 0 aliphatic rings. The first-order chi connectivity index (χ1) is 6.38. The Morgan fingerprint density at radius 3 is 2.31 bits per heavy atom. The normalized spacial score (nSPS) is 9.23. The maximum Gasteiger partial charge on any atom is 0.0411 e. The van der Waals surface area contributed by atoms with Crippen molar-refractivity contribution in [1.82, 2.24) is 0 Å². The molecule has 1 heteroatoms. The quantitative estimate of drug-likeness (QED) is 0.724. The SMILES string of the molecule is C/C=C\c1ccccc1NC.CC. The molecule has 0 saturated carbocycles. The predicted octanol–water partition coefficient (Wildman–Crippen LogP) is 3.79. The maximum atomic E-state index is 3.13. The smallest absolute Gasteiger partial charge is 0.0411 e. The van der Waals surface area contributed by atoms with Crippen LogP contribution < -0.4 is 5.32 Å². The second-order valence-corrected chi connectivity index (χ2v) is 2.34. The minimum atomic E-state index is 1.17. The van der Waals surface area contributed by atoms with Gasteiger partial charge in [0, 0.05) is 12.7 Å². The van der Waals surface area contributed by atoms with Crippen molar-refractivity contribution >= 4 is 11.8 Å². The average Bonchev–Trinajstić information content (AvgIpc) is 2.22. The molecule has 0 fully saturated rings. The highest BCUT2D eigenvalue weighted by Gasteiger charge is 1.91. The highest BCUT2D eigenvalue weighted by Crippen LogP contribution is 2.15. The van der Waals surface area contributed by atoms with Crippen LogP contribution in [0.15, 0.2) is 30.3 Å². The van der Waals surface area contributed by atoms with Gasteiger partial charge in [0.1, 0.15) is 0 Å². The Kier molecular flexibility index (Phi) is 6.70. The zero-order valence-electron chi connectivity index (χ0n) is 8.96. The molecule has 0 spiro atoms. The van der Waals surface area contributed by atoms with Crippen molar-refractivity contribution in [2.75, 3.05) is 12.4 Å². The Morgan fingerprint density at radius 1 is 1.15 bits per heavy atom. The second-order valence-electron chi connectivity index (χ2n) is 2.34. The fourth-order valence-electron chi connectivity index (χ4n) is 1.05. The molecule has 0 aliphatic heterocycles. The highest BCUT2D eigenvalue weighted by molar-refractivity contribution is 5.65. The van der Waals surface area contributed by atoms with Crippen LogP contribution in [0.4, 0.5) is 5.69 Å². The van der Waals surface area contributed by atoms with Crippen LogP contribution in [0.2, 0.25) is 0 Å². The van der Waals surface area contributed by atoms with Gasteiger partial charge in [-0.2, -0.15) is 0 Å². The standard InChI is InChI=1S/C10H13N.C2H6/c1-3-6-9-7-4-5-8-10(9)11-2;1-2/h3-8,11H,1-2H3;1-2H3/b6-3-;. The van der Waals surface area contributed by atoms with Crippen molar-refractivity contribution in [2.45, 2.75) is 20.8 Å². The largest absolute Gasteiger partial charge is 0.388 e. The van der Waals surface area contributed by atoms with Gasteiger partial charge in [0.2, 0.25) is 0 Å². The van der Waals surface area contributed by atoms with Gasteiger partial charge in [-0.05, 0) is 18.6 Å². The summed E-state index contributed by atoms with van der Waals surface area (Å²) in [6.07, 6.45) is 4.13. The van der Waals surface area contributed by atoms with Crippen molar-refractivity contribution < 1.29 is 0 Å². The maximum absolute atomic E-state index is 3.13. The molecule has 13 heavy (non-hydrogen) atoms. The molecule has 1 aromatic carbocycles. The lowest BCUT2D eigenvalue weighted by Gasteiger charge is -2.02. The molecule has 72 valence electrons. The fourth-order valence-corrected chi connectivity index (χ4v) is 1.05. The molecule has 1 N–H and O–H groups in total. The number of rotatable bonds is 2. The first-order valence-corrected chi connectivity index (χ1v) is 4.78. The molecular formula is C12H19N. The Labute approximate surface area is 81.5 Å². The predicted molar refractivity (Wildman–Crippen MR) is 62.0 cm³/mol. The third-order valence-electron chi connectivity index (χ3n) is 1.58. The van der Waals surface area contributed by atoms with E-state index in [0.717, 1.165) is 0 Å². The minimum Gasteiger partial charge on any atom is -0.388 e. The first kappa shape index (κ1) is 11.8. The molecule has 0 amide bonds. The van der Waals surface area contributed by atoms with Gasteiger partial charge in [-0.1, -0.05) is 44.2 Å². The van der Waals surface area contributed by atoms with E-state index in [-0.39, 0.29) is 0 Å². The molecule has 0 atom stereocenters. The van der Waals surface area contributed by atoms with Gasteiger partial charge in [0.05, 0.1) is 0 Å². The lowest BCUT2D eigenvalue weighted by atomic mass is 10.1. The third-order valence-corrected chi connectivity index (χ3v) is 1.58. The van der Waals surface area contributed by atoms with Crippen LogP contribution >= 0.6 is 0 Å². The van der Waals surface area contributed by atoms with Crippen LogP contribution in [0.3, 0.4) is 0 Å². The molecule has 0 aromatic heterocycles. The molecule has 0 radical (unpaired) electrons. The number of benzene rings is 1. The van der Waals surface area contributed by atoms with Crippen molar-refractivity contribution in [2.24, 2.45) is 0 Å². The Balaban J connectivity index is 0.000000671. The molecule has 0 heterocycles. The lowest BCUT2D eigenvalue weighted by Crippen LogP contribution is -1.89. The third kappa shape index (κ3) is 3.79. The van der Waals surface area contributed by atoms with E-state index in [0.29, 0.717) is 0 Å². The van der Waals surface area contributed by atoms with Crippen LogP contribution in [-0.4, -0.2) is 7.05 Å². The number of para-hydroxylation sites is 1. The van der Waals surface area contributed by atoms with Gasteiger partial charge in [0.15, 0.2) is 0 Å². The number of allylic oxidation sites excluding steroid dienone is 1. The number of anilines is 1. The summed E-state index contributed by atoms with van der Waals surface area (Å²) in [6.45, 7) is 6.02. The topological polar surface area (TPSA) is 12.0 Å². The monoisotopic (exact) mass is 177 g/mol. The van der Waals surface area contributed by atoms with Crippen LogP contribution in [0, 0.1) is 0 Å². The second kappa shape index (κ2) is 7.41. The van der Waals surface area contributed by atoms with Crippen molar-refractivity contribution in [1.29, 1.82) is 0 Å². The zero-order valence-corrected chi connectivity index (χ0v) is 8.96. The van der Waals surface area contributed by atoms with Gasteiger partial charge in [0.25, 0.3) is 0 Å². The molecule has 0 aliphatic carbocycles. The van der Waals surface area contributed by atoms with E-state index in [9.17, 15) is 0 Å². The van der Waals surface area contributed by atoms with E-state index in [4.69, 9.17) is 0 Å². The van der Waals surface area contributed by atoms with Gasteiger partial charge in [-0.25, -0.2) is 0 Å². The van der Waals surface area contributed by atoms with E-state index in [1.165, 1.54) is 11.3 Å².